The minimum Gasteiger partial charge on any atom is -0.317 e. The van der Waals surface area contributed by atoms with Gasteiger partial charge in [0.25, 0.3) is 0 Å². The minimum absolute atomic E-state index is 0. The van der Waals surface area contributed by atoms with Crippen LogP contribution in [0.15, 0.2) is 24.7 Å². The Labute approximate surface area is 100 Å². The Bertz CT molecular complexity index is 462. The van der Waals surface area contributed by atoms with Crippen LogP contribution in [0, 0.1) is 0 Å². The molecule has 16 heavy (non-hydrogen) atoms. The highest BCUT2D eigenvalue weighted by atomic mass is 35.5. The second-order valence-electron chi connectivity index (χ2n) is 4.08. The number of aromatic nitrogens is 3. The van der Waals surface area contributed by atoms with Gasteiger partial charge in [0.05, 0.1) is 0 Å². The van der Waals surface area contributed by atoms with E-state index in [9.17, 15) is 0 Å². The first-order valence-electron chi connectivity index (χ1n) is 5.43. The molecule has 2 aromatic rings. The molecule has 0 aromatic carbocycles. The van der Waals surface area contributed by atoms with E-state index in [-0.39, 0.29) is 12.4 Å². The Kier molecular flexibility index (Phi) is 3.41. The number of nitrogens with zero attached hydrogens (tertiary/aromatic N) is 3. The summed E-state index contributed by atoms with van der Waals surface area (Å²) in [6, 6.07) is 4.34. The van der Waals surface area contributed by atoms with Gasteiger partial charge in [-0.1, -0.05) is 0 Å². The molecule has 3 rings (SSSR count). The number of fused-ring (bicyclic) bond motifs is 1. The third-order valence-corrected chi connectivity index (χ3v) is 3.13. The average Bonchev–Trinajstić information content (AvgIpc) is 2.77. The third-order valence-electron chi connectivity index (χ3n) is 3.13. The van der Waals surface area contributed by atoms with Crippen molar-refractivity contribution in [2.45, 2.75) is 18.8 Å². The predicted molar refractivity (Wildman–Crippen MR) is 65.1 cm³/mol. The van der Waals surface area contributed by atoms with Crippen LogP contribution in [0.2, 0.25) is 0 Å². The number of pyridine rings is 1. The number of nitrogens with one attached hydrogen (secondary N) is 1. The molecule has 1 aliphatic heterocycles. The maximum absolute atomic E-state index is 4.07. The fraction of sp³-hybridized carbons (Fsp3) is 0.455. The fourth-order valence-corrected chi connectivity index (χ4v) is 2.24. The highest BCUT2D eigenvalue weighted by Gasteiger charge is 2.15. The van der Waals surface area contributed by atoms with E-state index in [0.717, 1.165) is 18.7 Å². The summed E-state index contributed by atoms with van der Waals surface area (Å²) in [6.45, 7) is 2.26. The normalized spacial score (nSPS) is 17.2. The zero-order valence-corrected chi connectivity index (χ0v) is 9.78. The molecule has 0 radical (unpaired) electrons. The first kappa shape index (κ1) is 11.4. The van der Waals surface area contributed by atoms with Crippen molar-refractivity contribution in [1.29, 1.82) is 0 Å². The standard InChI is InChI=1S/C11H14N4.ClH/c1-4-12-5-2-9(1)10-3-6-15-8-13-14-11(15)7-10;/h3,6-9,12H,1-2,4-5H2;1H. The van der Waals surface area contributed by atoms with Gasteiger partial charge in [0.15, 0.2) is 5.65 Å². The fourth-order valence-electron chi connectivity index (χ4n) is 2.24. The molecule has 0 spiro atoms. The molecule has 0 bridgehead atoms. The van der Waals surface area contributed by atoms with E-state index in [1.165, 1.54) is 18.4 Å². The molecule has 0 atom stereocenters. The Morgan fingerprint density at radius 1 is 1.31 bits per heavy atom. The van der Waals surface area contributed by atoms with Crippen LogP contribution in [-0.2, 0) is 0 Å². The van der Waals surface area contributed by atoms with Gasteiger partial charge in [-0.05, 0) is 49.5 Å². The van der Waals surface area contributed by atoms with E-state index in [4.69, 9.17) is 0 Å². The lowest BCUT2D eigenvalue weighted by Gasteiger charge is -2.22. The summed E-state index contributed by atoms with van der Waals surface area (Å²) in [7, 11) is 0. The van der Waals surface area contributed by atoms with E-state index in [0.29, 0.717) is 5.92 Å². The van der Waals surface area contributed by atoms with Crippen LogP contribution in [0.1, 0.15) is 24.3 Å². The van der Waals surface area contributed by atoms with Crippen LogP contribution in [0.25, 0.3) is 5.65 Å². The van der Waals surface area contributed by atoms with E-state index in [2.05, 4.69) is 27.6 Å². The Balaban J connectivity index is 0.000000963. The lowest BCUT2D eigenvalue weighted by molar-refractivity contribution is 0.460. The smallest absolute Gasteiger partial charge is 0.160 e. The largest absolute Gasteiger partial charge is 0.317 e. The van der Waals surface area contributed by atoms with Crippen molar-refractivity contribution in [2.24, 2.45) is 0 Å². The molecule has 0 unspecified atom stereocenters. The van der Waals surface area contributed by atoms with Gasteiger partial charge < -0.3 is 5.32 Å². The SMILES string of the molecule is Cl.c1cn2cnnc2cc1C1CCNCC1. The predicted octanol–water partition coefficient (Wildman–Crippen LogP) is 1.62. The van der Waals surface area contributed by atoms with Crippen LogP contribution in [-0.4, -0.2) is 27.7 Å². The van der Waals surface area contributed by atoms with Crippen molar-refractivity contribution in [1.82, 2.24) is 19.9 Å². The number of halogens is 1. The van der Waals surface area contributed by atoms with Gasteiger partial charge in [0.2, 0.25) is 0 Å². The second-order valence-corrected chi connectivity index (χ2v) is 4.08. The summed E-state index contributed by atoms with van der Waals surface area (Å²) in [5, 5.41) is 11.3. The molecule has 1 saturated heterocycles. The van der Waals surface area contributed by atoms with Gasteiger partial charge in [0, 0.05) is 6.20 Å². The summed E-state index contributed by atoms with van der Waals surface area (Å²) in [5.74, 6) is 0.688. The summed E-state index contributed by atoms with van der Waals surface area (Å²) in [6.07, 6.45) is 6.24. The van der Waals surface area contributed by atoms with Gasteiger partial charge >= 0.3 is 0 Å². The van der Waals surface area contributed by atoms with Crippen LogP contribution in [0.3, 0.4) is 0 Å². The molecule has 0 amide bonds. The Morgan fingerprint density at radius 3 is 2.94 bits per heavy atom. The Morgan fingerprint density at radius 2 is 2.12 bits per heavy atom. The van der Waals surface area contributed by atoms with Crippen molar-refractivity contribution in [2.75, 3.05) is 13.1 Å². The van der Waals surface area contributed by atoms with E-state index in [1.807, 2.05) is 10.6 Å². The molecule has 1 fully saturated rings. The first-order valence-corrected chi connectivity index (χ1v) is 5.43. The number of hydrogen-bond donors (Lipinski definition) is 1. The summed E-state index contributed by atoms with van der Waals surface area (Å²) < 4.78 is 1.95. The molecular weight excluding hydrogens is 224 g/mol. The van der Waals surface area contributed by atoms with Crippen molar-refractivity contribution in [3.63, 3.8) is 0 Å². The molecule has 4 nitrogen and oxygen atoms in total. The quantitative estimate of drug-likeness (QED) is 0.821. The van der Waals surface area contributed by atoms with E-state index in [1.54, 1.807) is 6.33 Å². The molecule has 0 saturated carbocycles. The highest BCUT2D eigenvalue weighted by molar-refractivity contribution is 5.85. The molecule has 5 heteroatoms. The van der Waals surface area contributed by atoms with Gasteiger partial charge in [-0.25, -0.2) is 0 Å². The van der Waals surface area contributed by atoms with Gasteiger partial charge in [-0.3, -0.25) is 4.40 Å². The molecule has 3 heterocycles. The van der Waals surface area contributed by atoms with Crippen molar-refractivity contribution in [3.8, 4) is 0 Å². The van der Waals surface area contributed by atoms with E-state index < -0.39 is 0 Å². The maximum Gasteiger partial charge on any atom is 0.160 e. The monoisotopic (exact) mass is 238 g/mol. The van der Waals surface area contributed by atoms with Crippen molar-refractivity contribution in [3.05, 3.63) is 30.2 Å². The molecule has 1 aliphatic rings. The second kappa shape index (κ2) is 4.80. The first-order chi connectivity index (χ1) is 7.43. The Hall–Kier alpha value is -1.13. The van der Waals surface area contributed by atoms with Crippen molar-refractivity contribution >= 4 is 18.1 Å². The summed E-state index contributed by atoms with van der Waals surface area (Å²) in [5.41, 5.74) is 2.35. The van der Waals surface area contributed by atoms with Crippen LogP contribution in [0.4, 0.5) is 0 Å². The third kappa shape index (κ3) is 2.03. The van der Waals surface area contributed by atoms with Crippen LogP contribution in [0.5, 0.6) is 0 Å². The van der Waals surface area contributed by atoms with Crippen LogP contribution < -0.4 is 5.32 Å². The highest BCUT2D eigenvalue weighted by Crippen LogP contribution is 2.25. The van der Waals surface area contributed by atoms with Gasteiger partial charge in [-0.2, -0.15) is 0 Å². The molecule has 86 valence electrons. The number of rotatable bonds is 1. The number of hydrogen-bond acceptors (Lipinski definition) is 3. The van der Waals surface area contributed by atoms with Crippen LogP contribution >= 0.6 is 12.4 Å². The average molecular weight is 239 g/mol. The van der Waals surface area contributed by atoms with Gasteiger partial charge in [-0.15, -0.1) is 22.6 Å². The maximum atomic E-state index is 4.07. The lowest BCUT2D eigenvalue weighted by Crippen LogP contribution is -2.26. The molecule has 2 aromatic heterocycles. The summed E-state index contributed by atoms with van der Waals surface area (Å²) in [4.78, 5) is 0. The van der Waals surface area contributed by atoms with Crippen molar-refractivity contribution < 1.29 is 0 Å². The topological polar surface area (TPSA) is 42.2 Å². The van der Waals surface area contributed by atoms with Gasteiger partial charge in [0.1, 0.15) is 6.33 Å². The molecule has 1 N–H and O–H groups in total. The lowest BCUT2D eigenvalue weighted by atomic mass is 9.91. The molecule has 0 aliphatic carbocycles. The summed E-state index contributed by atoms with van der Waals surface area (Å²) >= 11 is 0. The minimum atomic E-state index is 0. The number of piperidine rings is 1. The zero-order chi connectivity index (χ0) is 10.1. The molecular formula is C11H15ClN4. The zero-order valence-electron chi connectivity index (χ0n) is 8.97. The van der Waals surface area contributed by atoms with E-state index >= 15 is 0 Å².